The molecule has 0 rings (SSSR count). The summed E-state index contributed by atoms with van der Waals surface area (Å²) in [4.78, 5) is 44.8. The number of hydrogen-bond donors (Lipinski definition) is 6. The van der Waals surface area contributed by atoms with E-state index in [2.05, 4.69) is 13.1 Å². The van der Waals surface area contributed by atoms with Gasteiger partial charge in [0.05, 0.1) is 6.61 Å². The molecule has 0 saturated heterocycles. The lowest BCUT2D eigenvalue weighted by Crippen LogP contribution is -2.31. The van der Waals surface area contributed by atoms with Crippen LogP contribution in [-0.2, 0) is 31.6 Å². The second kappa shape index (κ2) is 8.02. The Balaban J connectivity index is 4.96. The first-order valence-electron chi connectivity index (χ1n) is 4.86. The van der Waals surface area contributed by atoms with E-state index in [-0.39, 0.29) is 6.29 Å². The van der Waals surface area contributed by atoms with Crippen LogP contribution in [0.1, 0.15) is 6.42 Å². The van der Waals surface area contributed by atoms with Crippen LogP contribution < -0.4 is 0 Å². The quantitative estimate of drug-likeness (QED) is 0.192. The fourth-order valence-electron chi connectivity index (χ4n) is 0.953. The number of carbonyl (C=O) groups excluding carboxylic acids is 1. The van der Waals surface area contributed by atoms with Gasteiger partial charge < -0.3 is 34.6 Å². The van der Waals surface area contributed by atoms with Gasteiger partial charge in [0.1, 0.15) is 18.5 Å². The minimum atomic E-state index is -5.68. The fraction of sp³-hybridized carbons (Fsp3) is 0.800. The van der Waals surface area contributed by atoms with Gasteiger partial charge in [0.25, 0.3) is 0 Å². The van der Waals surface area contributed by atoms with Gasteiger partial charge in [-0.05, 0) is 0 Å². The average molecular weight is 374 g/mol. The Hall–Kier alpha value is -0.0000000000000000971. The number of aliphatic hydroxyl groups excluding tert-OH is 2. The number of hydrogen-bond acceptors (Lipinski definition) is 9. The SMILES string of the molecule is O=CC[C@H](OP(=O)(O)OP(=O)(O)OP(=O)(O)O)[C@H](O)CO. The molecule has 0 aliphatic heterocycles. The van der Waals surface area contributed by atoms with Crippen molar-refractivity contribution in [3.63, 3.8) is 0 Å². The lowest BCUT2D eigenvalue weighted by atomic mass is 10.2. The summed E-state index contributed by atoms with van der Waals surface area (Å²) >= 11 is 0. The van der Waals surface area contributed by atoms with Crippen molar-refractivity contribution in [1.82, 2.24) is 0 Å². The van der Waals surface area contributed by atoms with Crippen molar-refractivity contribution in [2.24, 2.45) is 0 Å². The molecule has 0 radical (unpaired) electrons. The number of phosphoric ester groups is 1. The first kappa shape index (κ1) is 21.0. The third-order valence-electron chi connectivity index (χ3n) is 1.63. The van der Waals surface area contributed by atoms with Crippen LogP contribution in [0.2, 0.25) is 0 Å². The van der Waals surface area contributed by atoms with E-state index in [0.717, 1.165) is 0 Å². The van der Waals surface area contributed by atoms with E-state index >= 15 is 0 Å². The summed E-state index contributed by atoms with van der Waals surface area (Å²) in [5, 5.41) is 17.8. The molecule has 0 spiro atoms. The van der Waals surface area contributed by atoms with E-state index in [1.54, 1.807) is 0 Å². The maximum atomic E-state index is 11.4. The van der Waals surface area contributed by atoms with Crippen LogP contribution in [0.3, 0.4) is 0 Å². The Labute approximate surface area is 117 Å². The summed E-state index contributed by atoms with van der Waals surface area (Å²) in [7, 11) is -16.7. The van der Waals surface area contributed by atoms with Gasteiger partial charge in [-0.2, -0.15) is 8.62 Å². The molecule has 0 fully saturated rings. The Morgan fingerprint density at radius 2 is 1.52 bits per heavy atom. The first-order chi connectivity index (χ1) is 9.32. The van der Waals surface area contributed by atoms with Crippen molar-refractivity contribution in [3.05, 3.63) is 0 Å². The van der Waals surface area contributed by atoms with Crippen molar-refractivity contribution in [3.8, 4) is 0 Å². The van der Waals surface area contributed by atoms with Gasteiger partial charge in [0.15, 0.2) is 0 Å². The van der Waals surface area contributed by atoms with Crippen LogP contribution in [0.5, 0.6) is 0 Å². The molecular formula is C5H13O13P3. The van der Waals surface area contributed by atoms with Gasteiger partial charge in [0.2, 0.25) is 0 Å². The smallest absolute Gasteiger partial charge is 0.394 e. The second-order valence-corrected chi connectivity index (χ2v) is 7.76. The summed E-state index contributed by atoms with van der Waals surface area (Å²) in [6, 6.07) is 0. The van der Waals surface area contributed by atoms with E-state index in [1.807, 2.05) is 0 Å². The van der Waals surface area contributed by atoms with Gasteiger partial charge in [0, 0.05) is 6.42 Å². The topological polar surface area (TPSA) is 217 Å². The number of aldehydes is 1. The highest BCUT2D eigenvalue weighted by Gasteiger charge is 2.42. The molecule has 0 saturated carbocycles. The molecular weight excluding hydrogens is 361 g/mol. The monoisotopic (exact) mass is 374 g/mol. The molecule has 0 aliphatic carbocycles. The third-order valence-corrected chi connectivity index (χ3v) is 5.49. The minimum absolute atomic E-state index is 0.147. The van der Waals surface area contributed by atoms with Crippen molar-refractivity contribution in [1.29, 1.82) is 0 Å². The van der Waals surface area contributed by atoms with Crippen LogP contribution in [0.25, 0.3) is 0 Å². The molecule has 0 aromatic rings. The molecule has 13 nitrogen and oxygen atoms in total. The molecule has 0 aliphatic rings. The minimum Gasteiger partial charge on any atom is -0.394 e. The third kappa shape index (κ3) is 9.59. The molecule has 16 heteroatoms. The lowest BCUT2D eigenvalue weighted by Gasteiger charge is -2.23. The van der Waals surface area contributed by atoms with Crippen LogP contribution >= 0.6 is 23.5 Å². The Morgan fingerprint density at radius 1 is 1.00 bits per heavy atom. The van der Waals surface area contributed by atoms with Crippen LogP contribution in [-0.4, -0.2) is 54.9 Å². The summed E-state index contributed by atoms with van der Waals surface area (Å²) in [6.07, 6.45) is -4.13. The summed E-state index contributed by atoms with van der Waals surface area (Å²) in [6.45, 7) is -0.978. The van der Waals surface area contributed by atoms with Gasteiger partial charge in [-0.25, -0.2) is 13.7 Å². The standard InChI is InChI=1S/C5H13O13P3/c6-2-1-5(4(8)3-7)16-20(12,13)18-21(14,15)17-19(9,10)11/h2,4-5,7-8H,1,3H2,(H,12,13)(H,14,15)(H2,9,10,11)/t4-,5+/m1/s1. The summed E-state index contributed by atoms with van der Waals surface area (Å²) < 4.78 is 43.7. The van der Waals surface area contributed by atoms with Crippen molar-refractivity contribution >= 4 is 29.8 Å². The van der Waals surface area contributed by atoms with Crippen LogP contribution in [0, 0.1) is 0 Å². The van der Waals surface area contributed by atoms with E-state index in [1.165, 1.54) is 0 Å². The number of carbonyl (C=O) groups is 1. The normalized spacial score (nSPS) is 21.0. The lowest BCUT2D eigenvalue weighted by molar-refractivity contribution is -0.111. The van der Waals surface area contributed by atoms with Crippen molar-refractivity contribution in [2.45, 2.75) is 18.6 Å². The zero-order chi connectivity index (χ0) is 16.9. The Morgan fingerprint density at radius 3 is 1.90 bits per heavy atom. The molecule has 21 heavy (non-hydrogen) atoms. The number of aliphatic hydroxyl groups is 2. The average Bonchev–Trinajstić information content (AvgIpc) is 2.21. The zero-order valence-corrected chi connectivity index (χ0v) is 12.7. The Kier molecular flexibility index (Phi) is 8.02. The molecule has 0 heterocycles. The van der Waals surface area contributed by atoms with Gasteiger partial charge in [-0.3, -0.25) is 4.52 Å². The van der Waals surface area contributed by atoms with Gasteiger partial charge in [-0.15, -0.1) is 0 Å². The van der Waals surface area contributed by atoms with Crippen molar-refractivity contribution in [2.75, 3.05) is 6.61 Å². The van der Waals surface area contributed by atoms with E-state index < -0.39 is 48.7 Å². The molecule has 6 N–H and O–H groups in total. The summed E-state index contributed by atoms with van der Waals surface area (Å²) in [5.41, 5.74) is 0. The maximum absolute atomic E-state index is 11.4. The molecule has 0 aromatic heterocycles. The van der Waals surface area contributed by atoms with Crippen molar-refractivity contribution < 1.29 is 61.4 Å². The first-order valence-corrected chi connectivity index (χ1v) is 9.39. The van der Waals surface area contributed by atoms with E-state index in [9.17, 15) is 23.6 Å². The fourth-order valence-corrected chi connectivity index (χ4v) is 4.18. The largest absolute Gasteiger partial charge is 0.490 e. The van der Waals surface area contributed by atoms with Crippen LogP contribution in [0.4, 0.5) is 0 Å². The zero-order valence-electron chi connectivity index (χ0n) is 10.0. The molecule has 126 valence electrons. The Bertz CT molecular complexity index is 482. The second-order valence-electron chi connectivity index (χ2n) is 3.39. The summed E-state index contributed by atoms with van der Waals surface area (Å²) in [5.74, 6) is 0. The maximum Gasteiger partial charge on any atom is 0.490 e. The highest BCUT2D eigenvalue weighted by atomic mass is 31.3. The van der Waals surface area contributed by atoms with E-state index in [4.69, 9.17) is 24.7 Å². The number of rotatable bonds is 10. The predicted molar refractivity (Wildman–Crippen MR) is 62.5 cm³/mol. The highest BCUT2D eigenvalue weighted by Crippen LogP contribution is 2.66. The molecule has 0 amide bonds. The predicted octanol–water partition coefficient (Wildman–Crippen LogP) is -1.36. The van der Waals surface area contributed by atoms with E-state index in [0.29, 0.717) is 0 Å². The molecule has 0 bridgehead atoms. The molecule has 4 atom stereocenters. The van der Waals surface area contributed by atoms with Gasteiger partial charge in [-0.1, -0.05) is 0 Å². The van der Waals surface area contributed by atoms with Gasteiger partial charge >= 0.3 is 23.5 Å². The highest BCUT2D eigenvalue weighted by molar-refractivity contribution is 7.66. The number of phosphoric acid groups is 3. The molecule has 0 aromatic carbocycles. The van der Waals surface area contributed by atoms with Crippen LogP contribution in [0.15, 0.2) is 0 Å². The molecule has 2 unspecified atom stereocenters.